The van der Waals surface area contributed by atoms with Crippen molar-refractivity contribution in [3.63, 3.8) is 0 Å². The standard InChI is InChI=1S/C29H32N4O3/c1-17(2)28-31-15-18(3)26(32-28)25-14-23(11-12-30-25)33-21(6)19(4)27(20(5)29(33)34)36-16-22-9-8-10-24(13-22)35-7/h8-15,17H,16H2,1-7H3. The summed E-state index contributed by atoms with van der Waals surface area (Å²) in [6.45, 7) is 12.1. The van der Waals surface area contributed by atoms with Gasteiger partial charge >= 0.3 is 0 Å². The van der Waals surface area contributed by atoms with Crippen LogP contribution in [0.5, 0.6) is 11.5 Å². The molecular formula is C29H32N4O3. The van der Waals surface area contributed by atoms with Crippen LogP contribution in [0, 0.1) is 27.7 Å². The lowest BCUT2D eigenvalue weighted by molar-refractivity contribution is 0.299. The van der Waals surface area contributed by atoms with E-state index in [0.29, 0.717) is 23.6 Å². The average molecular weight is 485 g/mol. The van der Waals surface area contributed by atoms with Crippen molar-refractivity contribution < 1.29 is 9.47 Å². The van der Waals surface area contributed by atoms with Gasteiger partial charge in [0.2, 0.25) is 0 Å². The van der Waals surface area contributed by atoms with Crippen LogP contribution in [0.4, 0.5) is 0 Å². The van der Waals surface area contributed by atoms with Crippen LogP contribution >= 0.6 is 0 Å². The fourth-order valence-corrected chi connectivity index (χ4v) is 4.16. The van der Waals surface area contributed by atoms with Gasteiger partial charge in [-0.1, -0.05) is 26.0 Å². The molecule has 0 aliphatic rings. The molecule has 0 saturated carbocycles. The smallest absolute Gasteiger partial charge is 0.261 e. The van der Waals surface area contributed by atoms with Gasteiger partial charge in [0.15, 0.2) is 0 Å². The lowest BCUT2D eigenvalue weighted by atomic mass is 10.1. The summed E-state index contributed by atoms with van der Waals surface area (Å²) in [4.78, 5) is 27.3. The second kappa shape index (κ2) is 10.3. The van der Waals surface area contributed by atoms with Crippen molar-refractivity contribution in [2.24, 2.45) is 0 Å². The van der Waals surface area contributed by atoms with Crippen LogP contribution in [0.3, 0.4) is 0 Å². The monoisotopic (exact) mass is 484 g/mol. The Bertz CT molecular complexity index is 1470. The molecule has 0 radical (unpaired) electrons. The normalized spacial score (nSPS) is 11.1. The van der Waals surface area contributed by atoms with Gasteiger partial charge in [-0.05, 0) is 63.1 Å². The zero-order valence-corrected chi connectivity index (χ0v) is 21.9. The highest BCUT2D eigenvalue weighted by Crippen LogP contribution is 2.28. The summed E-state index contributed by atoms with van der Waals surface area (Å²) in [5.41, 5.74) is 6.26. The highest BCUT2D eigenvalue weighted by molar-refractivity contribution is 5.61. The number of nitrogens with zero attached hydrogens (tertiary/aromatic N) is 4. The van der Waals surface area contributed by atoms with Gasteiger partial charge < -0.3 is 9.47 Å². The molecule has 4 aromatic rings. The molecule has 7 nitrogen and oxygen atoms in total. The van der Waals surface area contributed by atoms with Crippen LogP contribution in [0.2, 0.25) is 0 Å². The Morgan fingerprint density at radius 2 is 1.78 bits per heavy atom. The van der Waals surface area contributed by atoms with E-state index in [1.807, 2.05) is 63.4 Å². The van der Waals surface area contributed by atoms with E-state index in [9.17, 15) is 4.79 Å². The Morgan fingerprint density at radius 3 is 2.50 bits per heavy atom. The molecule has 0 unspecified atom stereocenters. The molecule has 0 saturated heterocycles. The molecule has 0 N–H and O–H groups in total. The van der Waals surface area contributed by atoms with E-state index >= 15 is 0 Å². The lowest BCUT2D eigenvalue weighted by Gasteiger charge is -2.19. The Kier molecular flexibility index (Phi) is 7.20. The fourth-order valence-electron chi connectivity index (χ4n) is 4.16. The number of hydrogen-bond acceptors (Lipinski definition) is 6. The van der Waals surface area contributed by atoms with E-state index < -0.39 is 0 Å². The van der Waals surface area contributed by atoms with Crippen molar-refractivity contribution in [2.45, 2.75) is 54.1 Å². The van der Waals surface area contributed by atoms with Crippen molar-refractivity contribution >= 4 is 0 Å². The van der Waals surface area contributed by atoms with Crippen LogP contribution < -0.4 is 15.0 Å². The van der Waals surface area contributed by atoms with E-state index in [2.05, 4.69) is 23.8 Å². The average Bonchev–Trinajstić information content (AvgIpc) is 2.88. The maximum Gasteiger partial charge on any atom is 0.261 e. The Labute approximate surface area is 211 Å². The van der Waals surface area contributed by atoms with Crippen molar-refractivity contribution in [3.05, 3.63) is 92.9 Å². The van der Waals surface area contributed by atoms with E-state index in [1.165, 1.54) is 0 Å². The summed E-state index contributed by atoms with van der Waals surface area (Å²) >= 11 is 0. The molecule has 0 aliphatic carbocycles. The van der Waals surface area contributed by atoms with Crippen molar-refractivity contribution in [3.8, 4) is 28.6 Å². The van der Waals surface area contributed by atoms with E-state index in [4.69, 9.17) is 14.5 Å². The Hall–Kier alpha value is -4.00. The first kappa shape index (κ1) is 25.1. The van der Waals surface area contributed by atoms with Crippen LogP contribution in [0.1, 0.15) is 53.5 Å². The van der Waals surface area contributed by atoms with Crippen molar-refractivity contribution in [1.82, 2.24) is 19.5 Å². The zero-order valence-electron chi connectivity index (χ0n) is 21.9. The molecule has 0 spiro atoms. The third-order valence-corrected chi connectivity index (χ3v) is 6.35. The molecule has 0 atom stereocenters. The largest absolute Gasteiger partial charge is 0.497 e. The molecule has 3 heterocycles. The molecule has 186 valence electrons. The van der Waals surface area contributed by atoms with E-state index in [-0.39, 0.29) is 11.5 Å². The maximum absolute atomic E-state index is 13.5. The molecule has 0 amide bonds. The van der Waals surface area contributed by atoms with Gasteiger partial charge in [0, 0.05) is 29.6 Å². The number of methoxy groups -OCH3 is 1. The Morgan fingerprint density at radius 1 is 1.00 bits per heavy atom. The van der Waals surface area contributed by atoms with Gasteiger partial charge in [-0.3, -0.25) is 14.3 Å². The highest BCUT2D eigenvalue weighted by atomic mass is 16.5. The number of hydrogen-bond donors (Lipinski definition) is 0. The second-order valence-electron chi connectivity index (χ2n) is 9.26. The summed E-state index contributed by atoms with van der Waals surface area (Å²) in [7, 11) is 1.64. The number of rotatable bonds is 7. The minimum Gasteiger partial charge on any atom is -0.497 e. The van der Waals surface area contributed by atoms with Gasteiger partial charge in [0.1, 0.15) is 23.9 Å². The number of ether oxygens (including phenoxy) is 2. The zero-order chi connectivity index (χ0) is 26.0. The summed E-state index contributed by atoms with van der Waals surface area (Å²) in [6, 6.07) is 11.5. The van der Waals surface area contributed by atoms with E-state index in [0.717, 1.165) is 45.3 Å². The van der Waals surface area contributed by atoms with Crippen LogP contribution in [-0.2, 0) is 6.61 Å². The second-order valence-corrected chi connectivity index (χ2v) is 9.26. The molecule has 0 aliphatic heterocycles. The summed E-state index contributed by atoms with van der Waals surface area (Å²) in [5.74, 6) is 2.34. The van der Waals surface area contributed by atoms with Crippen LogP contribution in [0.15, 0.2) is 53.6 Å². The number of aromatic nitrogens is 4. The summed E-state index contributed by atoms with van der Waals surface area (Å²) < 4.78 is 13.2. The number of pyridine rings is 2. The van der Waals surface area contributed by atoms with Crippen LogP contribution in [-0.4, -0.2) is 26.6 Å². The molecule has 7 heteroatoms. The quantitative estimate of drug-likeness (QED) is 0.338. The lowest BCUT2D eigenvalue weighted by Crippen LogP contribution is -2.25. The first-order valence-corrected chi connectivity index (χ1v) is 12.0. The molecule has 4 rings (SSSR count). The van der Waals surface area contributed by atoms with Crippen molar-refractivity contribution in [1.29, 1.82) is 0 Å². The Balaban J connectivity index is 1.73. The van der Waals surface area contributed by atoms with Gasteiger partial charge in [-0.25, -0.2) is 9.97 Å². The molecule has 3 aromatic heterocycles. The number of aryl methyl sites for hydroxylation is 1. The summed E-state index contributed by atoms with van der Waals surface area (Å²) in [6.07, 6.45) is 3.54. The van der Waals surface area contributed by atoms with Gasteiger partial charge in [0.25, 0.3) is 5.56 Å². The van der Waals surface area contributed by atoms with E-state index in [1.54, 1.807) is 24.8 Å². The molecule has 0 fully saturated rings. The first-order valence-electron chi connectivity index (χ1n) is 12.0. The third-order valence-electron chi connectivity index (χ3n) is 6.35. The maximum atomic E-state index is 13.5. The van der Waals surface area contributed by atoms with Gasteiger partial charge in [-0.2, -0.15) is 0 Å². The molecular weight excluding hydrogens is 452 g/mol. The van der Waals surface area contributed by atoms with Gasteiger partial charge in [0.05, 0.1) is 29.7 Å². The summed E-state index contributed by atoms with van der Waals surface area (Å²) in [5, 5.41) is 0. The van der Waals surface area contributed by atoms with Crippen LogP contribution in [0.25, 0.3) is 17.1 Å². The SMILES string of the molecule is COc1cccc(COc2c(C)c(C)n(-c3ccnc(-c4nc(C(C)C)ncc4C)c3)c(=O)c2C)c1. The first-order chi connectivity index (χ1) is 17.2. The molecule has 1 aromatic carbocycles. The topological polar surface area (TPSA) is 79.1 Å². The predicted octanol–water partition coefficient (Wildman–Crippen LogP) is 5.63. The van der Waals surface area contributed by atoms with Crippen molar-refractivity contribution in [2.75, 3.05) is 7.11 Å². The minimum atomic E-state index is -0.127. The molecule has 0 bridgehead atoms. The third kappa shape index (κ3) is 4.87. The number of benzene rings is 1. The highest BCUT2D eigenvalue weighted by Gasteiger charge is 2.18. The fraction of sp³-hybridized carbons (Fsp3) is 0.310. The predicted molar refractivity (Wildman–Crippen MR) is 141 cm³/mol. The molecule has 36 heavy (non-hydrogen) atoms. The minimum absolute atomic E-state index is 0.127. The van der Waals surface area contributed by atoms with Gasteiger partial charge in [-0.15, -0.1) is 0 Å².